The number of carbonyl (C=O) groups is 1. The number of fused-ring (bicyclic) bond motifs is 1. The fraction of sp³-hybridized carbons (Fsp3) is 0.267. The summed E-state index contributed by atoms with van der Waals surface area (Å²) in [6.07, 6.45) is 1.58. The van der Waals surface area contributed by atoms with Crippen molar-refractivity contribution in [2.45, 2.75) is 25.8 Å². The minimum absolute atomic E-state index is 0.203. The zero-order valence-electron chi connectivity index (χ0n) is 11.9. The highest BCUT2D eigenvalue weighted by Crippen LogP contribution is 2.31. The summed E-state index contributed by atoms with van der Waals surface area (Å²) in [5.41, 5.74) is 1.10. The van der Waals surface area contributed by atoms with Crippen LogP contribution in [0.1, 0.15) is 39.6 Å². The fourth-order valence-corrected chi connectivity index (χ4v) is 2.77. The number of aromatic amines is 2. The highest BCUT2D eigenvalue weighted by molar-refractivity contribution is 5.94. The van der Waals surface area contributed by atoms with E-state index in [1.54, 1.807) is 0 Å². The van der Waals surface area contributed by atoms with E-state index in [9.17, 15) is 19.5 Å². The Balaban J connectivity index is 1.88. The van der Waals surface area contributed by atoms with Gasteiger partial charge in [0.25, 0.3) is 11.5 Å². The molecule has 1 aromatic carbocycles. The Morgan fingerprint density at radius 3 is 2.86 bits per heavy atom. The van der Waals surface area contributed by atoms with Gasteiger partial charge in [0.15, 0.2) is 5.69 Å². The molecule has 0 fully saturated rings. The molecule has 1 amide bonds. The molecular formula is C15H15N3O4. The van der Waals surface area contributed by atoms with Gasteiger partial charge in [0, 0.05) is 0 Å². The smallest absolute Gasteiger partial charge is 0.326 e. The van der Waals surface area contributed by atoms with E-state index < -0.39 is 28.6 Å². The molecule has 114 valence electrons. The number of amides is 1. The molecule has 0 radical (unpaired) electrons. The first kappa shape index (κ1) is 14.1. The number of rotatable bonds is 2. The lowest BCUT2D eigenvalue weighted by atomic mass is 10.1. The van der Waals surface area contributed by atoms with E-state index in [4.69, 9.17) is 0 Å². The molecule has 2 aromatic rings. The molecule has 22 heavy (non-hydrogen) atoms. The molecule has 7 nitrogen and oxygen atoms in total. The van der Waals surface area contributed by atoms with E-state index in [-0.39, 0.29) is 6.04 Å². The second kappa shape index (κ2) is 5.18. The average Bonchev–Trinajstić information content (AvgIpc) is 2.84. The van der Waals surface area contributed by atoms with Gasteiger partial charge in [0.05, 0.1) is 6.04 Å². The first-order valence-corrected chi connectivity index (χ1v) is 6.91. The van der Waals surface area contributed by atoms with Crippen LogP contribution in [0.25, 0.3) is 0 Å². The van der Waals surface area contributed by atoms with Crippen molar-refractivity contribution in [3.8, 4) is 5.75 Å². The van der Waals surface area contributed by atoms with E-state index in [0.29, 0.717) is 0 Å². The number of aryl methyl sites for hydroxylation is 2. The molecule has 1 heterocycles. The third-order valence-corrected chi connectivity index (χ3v) is 3.83. The standard InChI is InChI=1S/C15H15N3O4/c1-7-2-4-9-8(6-7)3-5-10(9)16-13(20)11-12(19)14(21)18-15(22)17-11/h2,4,6,10,19H,3,5H2,1H3,(H,16,20)(H2,17,18,21,22)/t10-/m1/s1. The lowest BCUT2D eigenvalue weighted by molar-refractivity contribution is 0.0927. The van der Waals surface area contributed by atoms with Crippen LogP contribution in [0.2, 0.25) is 0 Å². The Morgan fingerprint density at radius 2 is 2.09 bits per heavy atom. The Hall–Kier alpha value is -2.83. The second-order valence-electron chi connectivity index (χ2n) is 5.40. The van der Waals surface area contributed by atoms with Crippen LogP contribution < -0.4 is 16.6 Å². The summed E-state index contributed by atoms with van der Waals surface area (Å²) in [7, 11) is 0. The molecule has 0 unspecified atom stereocenters. The molecule has 1 aromatic heterocycles. The van der Waals surface area contributed by atoms with Crippen molar-refractivity contribution in [3.05, 3.63) is 61.4 Å². The molecule has 0 aliphatic heterocycles. The zero-order valence-corrected chi connectivity index (χ0v) is 11.9. The second-order valence-corrected chi connectivity index (χ2v) is 5.40. The molecule has 0 saturated carbocycles. The Kier molecular flexibility index (Phi) is 3.32. The highest BCUT2D eigenvalue weighted by Gasteiger charge is 2.26. The molecule has 7 heteroatoms. The first-order chi connectivity index (χ1) is 10.5. The van der Waals surface area contributed by atoms with Crippen LogP contribution in [-0.4, -0.2) is 21.0 Å². The number of aromatic hydroxyl groups is 1. The lowest BCUT2D eigenvalue weighted by Gasteiger charge is -2.14. The van der Waals surface area contributed by atoms with E-state index in [1.807, 2.05) is 24.0 Å². The van der Waals surface area contributed by atoms with E-state index in [0.717, 1.165) is 24.0 Å². The topological polar surface area (TPSA) is 115 Å². The van der Waals surface area contributed by atoms with E-state index in [2.05, 4.69) is 16.4 Å². The summed E-state index contributed by atoms with van der Waals surface area (Å²) in [5.74, 6) is -1.47. The number of hydrogen-bond acceptors (Lipinski definition) is 4. The molecule has 0 saturated heterocycles. The van der Waals surface area contributed by atoms with Crippen LogP contribution in [0.15, 0.2) is 27.8 Å². The van der Waals surface area contributed by atoms with E-state index >= 15 is 0 Å². The normalized spacial score (nSPS) is 16.3. The summed E-state index contributed by atoms with van der Waals surface area (Å²) >= 11 is 0. The van der Waals surface area contributed by atoms with Gasteiger partial charge in [-0.25, -0.2) is 4.79 Å². The van der Waals surface area contributed by atoms with Gasteiger partial charge in [0.1, 0.15) is 0 Å². The summed E-state index contributed by atoms with van der Waals surface area (Å²) in [6.45, 7) is 2.01. The van der Waals surface area contributed by atoms with Crippen molar-refractivity contribution in [1.29, 1.82) is 0 Å². The van der Waals surface area contributed by atoms with Crippen molar-refractivity contribution in [2.24, 2.45) is 0 Å². The maximum atomic E-state index is 12.2. The van der Waals surface area contributed by atoms with E-state index in [1.165, 1.54) is 5.56 Å². The van der Waals surface area contributed by atoms with Gasteiger partial charge in [-0.05, 0) is 30.9 Å². The van der Waals surface area contributed by atoms with Crippen LogP contribution in [0.5, 0.6) is 5.75 Å². The zero-order chi connectivity index (χ0) is 15.9. The fourth-order valence-electron chi connectivity index (χ4n) is 2.77. The third-order valence-electron chi connectivity index (χ3n) is 3.83. The molecule has 1 atom stereocenters. The van der Waals surface area contributed by atoms with Crippen LogP contribution >= 0.6 is 0 Å². The van der Waals surface area contributed by atoms with Gasteiger partial charge >= 0.3 is 5.69 Å². The van der Waals surface area contributed by atoms with Crippen molar-refractivity contribution in [2.75, 3.05) is 0 Å². The van der Waals surface area contributed by atoms with Crippen molar-refractivity contribution >= 4 is 5.91 Å². The van der Waals surface area contributed by atoms with Gasteiger partial charge in [-0.3, -0.25) is 19.6 Å². The number of nitrogens with one attached hydrogen (secondary N) is 3. The first-order valence-electron chi connectivity index (χ1n) is 6.91. The van der Waals surface area contributed by atoms with Crippen LogP contribution in [0.4, 0.5) is 0 Å². The Bertz CT molecular complexity index is 866. The molecule has 1 aliphatic rings. The average molecular weight is 301 g/mol. The van der Waals surface area contributed by atoms with Crippen molar-refractivity contribution in [1.82, 2.24) is 15.3 Å². The predicted molar refractivity (Wildman–Crippen MR) is 79.1 cm³/mol. The van der Waals surface area contributed by atoms with Crippen LogP contribution in [-0.2, 0) is 6.42 Å². The maximum Gasteiger partial charge on any atom is 0.326 e. The number of hydrogen-bond donors (Lipinski definition) is 4. The highest BCUT2D eigenvalue weighted by atomic mass is 16.3. The monoisotopic (exact) mass is 301 g/mol. The van der Waals surface area contributed by atoms with Crippen molar-refractivity contribution in [3.63, 3.8) is 0 Å². The lowest BCUT2D eigenvalue weighted by Crippen LogP contribution is -2.33. The van der Waals surface area contributed by atoms with Gasteiger partial charge in [-0.2, -0.15) is 0 Å². The number of carbonyl (C=O) groups excluding carboxylic acids is 1. The van der Waals surface area contributed by atoms with Crippen LogP contribution in [0, 0.1) is 6.92 Å². The number of benzene rings is 1. The predicted octanol–water partition coefficient (Wildman–Crippen LogP) is 0.495. The minimum atomic E-state index is -0.989. The molecule has 0 spiro atoms. The molecular weight excluding hydrogens is 286 g/mol. The quantitative estimate of drug-likeness (QED) is 0.646. The summed E-state index contributed by atoms with van der Waals surface area (Å²) in [4.78, 5) is 38.8. The Labute approximate surface area is 125 Å². The van der Waals surface area contributed by atoms with Gasteiger partial charge < -0.3 is 10.4 Å². The maximum absolute atomic E-state index is 12.2. The van der Waals surface area contributed by atoms with Gasteiger partial charge in [-0.1, -0.05) is 23.8 Å². The Morgan fingerprint density at radius 1 is 1.32 bits per heavy atom. The molecule has 0 bridgehead atoms. The summed E-state index contributed by atoms with van der Waals surface area (Å²) in [5, 5.41) is 12.4. The van der Waals surface area contributed by atoms with Crippen molar-refractivity contribution < 1.29 is 9.90 Å². The largest absolute Gasteiger partial charge is 0.501 e. The molecule has 4 N–H and O–H groups in total. The van der Waals surface area contributed by atoms with Crippen LogP contribution in [0.3, 0.4) is 0 Å². The van der Waals surface area contributed by atoms with Gasteiger partial charge in [-0.15, -0.1) is 0 Å². The van der Waals surface area contributed by atoms with Gasteiger partial charge in [0.2, 0.25) is 5.75 Å². The summed E-state index contributed by atoms with van der Waals surface area (Å²) < 4.78 is 0. The third kappa shape index (κ3) is 2.41. The molecule has 3 rings (SSSR count). The molecule has 1 aliphatic carbocycles. The summed E-state index contributed by atoms with van der Waals surface area (Å²) in [6, 6.07) is 5.80. The number of H-pyrrole nitrogens is 2. The SMILES string of the molecule is Cc1ccc2c(c1)CC[C@H]2NC(=O)c1[nH]c(=O)[nH]c(=O)c1O. The number of aromatic nitrogens is 2. The minimum Gasteiger partial charge on any atom is -0.501 e.